The van der Waals surface area contributed by atoms with Crippen molar-refractivity contribution in [1.29, 1.82) is 0 Å². The van der Waals surface area contributed by atoms with Crippen LogP contribution in [0.5, 0.6) is 0 Å². The van der Waals surface area contributed by atoms with Crippen LogP contribution in [0.1, 0.15) is 39.5 Å². The second kappa shape index (κ2) is 4.05. The summed E-state index contributed by atoms with van der Waals surface area (Å²) in [6, 6.07) is 1.31. The minimum absolute atomic E-state index is 0.623. The van der Waals surface area contributed by atoms with Gasteiger partial charge in [0.1, 0.15) is 0 Å². The molecule has 1 heterocycles. The molecule has 0 spiro atoms. The van der Waals surface area contributed by atoms with Gasteiger partial charge in [-0.2, -0.15) is 0 Å². The number of thiocarbonyl (C=S) groups is 1. The van der Waals surface area contributed by atoms with Crippen molar-refractivity contribution in [3.05, 3.63) is 0 Å². The molecule has 2 rings (SSSR count). The summed E-state index contributed by atoms with van der Waals surface area (Å²) in [5.41, 5.74) is 0. The van der Waals surface area contributed by atoms with Crippen molar-refractivity contribution in [3.63, 3.8) is 0 Å². The molecule has 0 aromatic rings. The van der Waals surface area contributed by atoms with E-state index in [1.807, 2.05) is 0 Å². The molecule has 0 aromatic carbocycles. The van der Waals surface area contributed by atoms with Crippen LogP contribution in [0.2, 0.25) is 0 Å². The van der Waals surface area contributed by atoms with Gasteiger partial charge in [-0.25, -0.2) is 0 Å². The third-order valence-electron chi connectivity index (χ3n) is 3.30. The average Bonchev–Trinajstić information content (AvgIpc) is 2.87. The maximum atomic E-state index is 5.42. The van der Waals surface area contributed by atoms with E-state index in [-0.39, 0.29) is 0 Å². The predicted molar refractivity (Wildman–Crippen MR) is 63.3 cm³/mol. The highest BCUT2D eigenvalue weighted by Gasteiger charge is 2.28. The van der Waals surface area contributed by atoms with E-state index in [4.69, 9.17) is 12.2 Å². The fraction of sp³-hybridized carbons (Fsp3) is 0.909. The maximum Gasteiger partial charge on any atom is 0.169 e. The smallest absolute Gasteiger partial charge is 0.169 e. The molecule has 80 valence electrons. The maximum absolute atomic E-state index is 5.42. The lowest BCUT2D eigenvalue weighted by Gasteiger charge is -2.38. The summed E-state index contributed by atoms with van der Waals surface area (Å²) in [5, 5.41) is 4.42. The number of rotatable bonds is 1. The van der Waals surface area contributed by atoms with Gasteiger partial charge in [-0.3, -0.25) is 0 Å². The van der Waals surface area contributed by atoms with Gasteiger partial charge in [-0.15, -0.1) is 0 Å². The molecule has 1 aliphatic heterocycles. The van der Waals surface area contributed by atoms with E-state index in [9.17, 15) is 0 Å². The number of hydrogen-bond donors (Lipinski definition) is 1. The summed E-state index contributed by atoms with van der Waals surface area (Å²) in [6.07, 6.45) is 5.18. The van der Waals surface area contributed by atoms with E-state index in [2.05, 4.69) is 24.1 Å². The van der Waals surface area contributed by atoms with E-state index in [1.54, 1.807) is 0 Å². The quantitative estimate of drug-likeness (QED) is 0.670. The van der Waals surface area contributed by atoms with Crippen LogP contribution in [0, 0.1) is 5.92 Å². The van der Waals surface area contributed by atoms with E-state index in [0.717, 1.165) is 17.6 Å². The van der Waals surface area contributed by atoms with Gasteiger partial charge in [-0.1, -0.05) is 6.92 Å². The van der Waals surface area contributed by atoms with Crippen LogP contribution >= 0.6 is 12.2 Å². The Balaban J connectivity index is 1.85. The van der Waals surface area contributed by atoms with Crippen LogP contribution < -0.4 is 5.32 Å². The van der Waals surface area contributed by atoms with Crippen LogP contribution in [0.3, 0.4) is 0 Å². The van der Waals surface area contributed by atoms with Crippen molar-refractivity contribution in [2.45, 2.75) is 51.6 Å². The Morgan fingerprint density at radius 3 is 2.57 bits per heavy atom. The Hall–Kier alpha value is -0.310. The van der Waals surface area contributed by atoms with Gasteiger partial charge < -0.3 is 10.2 Å². The summed E-state index contributed by atoms with van der Waals surface area (Å²) >= 11 is 5.42. The predicted octanol–water partition coefficient (Wildman–Crippen LogP) is 2.14. The first-order chi connectivity index (χ1) is 6.66. The zero-order chi connectivity index (χ0) is 10.1. The monoisotopic (exact) mass is 212 g/mol. The Morgan fingerprint density at radius 1 is 1.29 bits per heavy atom. The lowest BCUT2D eigenvalue weighted by molar-refractivity contribution is 0.207. The molecule has 1 saturated heterocycles. The molecule has 2 atom stereocenters. The summed E-state index contributed by atoms with van der Waals surface area (Å²) in [6.45, 7) is 5.77. The third kappa shape index (κ3) is 2.38. The van der Waals surface area contributed by atoms with Crippen molar-refractivity contribution >= 4 is 17.3 Å². The molecule has 2 nitrogen and oxygen atoms in total. The summed E-state index contributed by atoms with van der Waals surface area (Å²) < 4.78 is 0. The lowest BCUT2D eigenvalue weighted by Crippen LogP contribution is -2.49. The van der Waals surface area contributed by atoms with Crippen molar-refractivity contribution in [3.8, 4) is 0 Å². The molecular weight excluding hydrogens is 192 g/mol. The molecule has 1 N–H and O–H groups in total. The van der Waals surface area contributed by atoms with Gasteiger partial charge in [-0.05, 0) is 50.7 Å². The molecule has 2 aliphatic rings. The fourth-order valence-corrected chi connectivity index (χ4v) is 2.63. The number of nitrogens with one attached hydrogen (secondary N) is 1. The molecule has 0 amide bonds. The van der Waals surface area contributed by atoms with Crippen LogP contribution in [-0.4, -0.2) is 28.6 Å². The number of hydrogen-bond acceptors (Lipinski definition) is 1. The van der Waals surface area contributed by atoms with Crippen LogP contribution in [-0.2, 0) is 0 Å². The highest BCUT2D eigenvalue weighted by Crippen LogP contribution is 2.24. The lowest BCUT2D eigenvalue weighted by atomic mass is 9.94. The van der Waals surface area contributed by atoms with Gasteiger partial charge in [0.05, 0.1) is 0 Å². The molecule has 14 heavy (non-hydrogen) atoms. The first-order valence-corrected chi connectivity index (χ1v) is 6.15. The van der Waals surface area contributed by atoms with Gasteiger partial charge in [0.2, 0.25) is 0 Å². The van der Waals surface area contributed by atoms with Crippen molar-refractivity contribution < 1.29 is 0 Å². The Bertz CT molecular complexity index is 225. The molecule has 3 heteroatoms. The number of likely N-dealkylation sites (tertiary alicyclic amines) is 1. The SMILES string of the molecule is CC1CCN(C(=S)NC2CC2)C(C)C1. The van der Waals surface area contributed by atoms with E-state index in [0.29, 0.717) is 12.1 Å². The molecule has 2 fully saturated rings. The number of nitrogens with zero attached hydrogens (tertiary/aromatic N) is 1. The molecule has 0 bridgehead atoms. The Morgan fingerprint density at radius 2 is 2.00 bits per heavy atom. The topological polar surface area (TPSA) is 15.3 Å². The summed E-state index contributed by atoms with van der Waals surface area (Å²) in [5.74, 6) is 0.866. The zero-order valence-corrected chi connectivity index (χ0v) is 9.94. The van der Waals surface area contributed by atoms with Crippen LogP contribution in [0.4, 0.5) is 0 Å². The minimum atomic E-state index is 0.623. The Kier molecular flexibility index (Phi) is 2.96. The summed E-state index contributed by atoms with van der Waals surface area (Å²) in [7, 11) is 0. The molecule has 1 aliphatic carbocycles. The normalized spacial score (nSPS) is 32.9. The van der Waals surface area contributed by atoms with Gasteiger partial charge >= 0.3 is 0 Å². The second-order valence-electron chi connectivity index (χ2n) is 4.90. The molecule has 0 aromatic heterocycles. The van der Waals surface area contributed by atoms with E-state index in [1.165, 1.54) is 25.7 Å². The number of piperidine rings is 1. The van der Waals surface area contributed by atoms with Crippen LogP contribution in [0.15, 0.2) is 0 Å². The minimum Gasteiger partial charge on any atom is -0.360 e. The zero-order valence-electron chi connectivity index (χ0n) is 9.12. The van der Waals surface area contributed by atoms with Crippen molar-refractivity contribution in [2.75, 3.05) is 6.54 Å². The van der Waals surface area contributed by atoms with Gasteiger partial charge in [0.25, 0.3) is 0 Å². The summed E-state index contributed by atoms with van der Waals surface area (Å²) in [4.78, 5) is 2.37. The molecule has 0 radical (unpaired) electrons. The van der Waals surface area contributed by atoms with Gasteiger partial charge in [0, 0.05) is 18.6 Å². The average molecular weight is 212 g/mol. The first-order valence-electron chi connectivity index (χ1n) is 5.74. The first kappa shape index (κ1) is 10.2. The molecule has 2 unspecified atom stereocenters. The second-order valence-corrected chi connectivity index (χ2v) is 5.28. The molecular formula is C11H20N2S. The highest BCUT2D eigenvalue weighted by atomic mass is 32.1. The van der Waals surface area contributed by atoms with Crippen LogP contribution in [0.25, 0.3) is 0 Å². The fourth-order valence-electron chi connectivity index (χ4n) is 2.19. The molecule has 1 saturated carbocycles. The Labute approximate surface area is 92.0 Å². The standard InChI is InChI=1S/C11H20N2S/c1-8-5-6-13(9(2)7-8)11(14)12-10-3-4-10/h8-10H,3-7H2,1-2H3,(H,12,14). The van der Waals surface area contributed by atoms with E-state index >= 15 is 0 Å². The van der Waals surface area contributed by atoms with Crippen molar-refractivity contribution in [2.24, 2.45) is 5.92 Å². The largest absolute Gasteiger partial charge is 0.360 e. The third-order valence-corrected chi connectivity index (χ3v) is 3.66. The van der Waals surface area contributed by atoms with Crippen molar-refractivity contribution in [1.82, 2.24) is 10.2 Å². The van der Waals surface area contributed by atoms with E-state index < -0.39 is 0 Å². The highest BCUT2D eigenvalue weighted by molar-refractivity contribution is 7.80. The van der Waals surface area contributed by atoms with Gasteiger partial charge in [0.15, 0.2) is 5.11 Å².